The molecule has 0 bridgehead atoms. The molecule has 4 rings (SSSR count). The predicted octanol–water partition coefficient (Wildman–Crippen LogP) is 3.23. The number of piperidine rings is 1. The second kappa shape index (κ2) is 7.10. The summed E-state index contributed by atoms with van der Waals surface area (Å²) in [6.45, 7) is 7.10. The summed E-state index contributed by atoms with van der Waals surface area (Å²) in [6.07, 6.45) is 4.08. The van der Waals surface area contributed by atoms with Crippen LogP contribution in [-0.4, -0.2) is 35.1 Å². The molecule has 1 aliphatic rings. The lowest BCUT2D eigenvalue weighted by Gasteiger charge is -2.32. The van der Waals surface area contributed by atoms with Crippen molar-refractivity contribution < 1.29 is 4.90 Å². The molecule has 5 heteroatoms. The third-order valence-electron chi connectivity index (χ3n) is 5.24. The number of nitrogens with one attached hydrogen (secondary N) is 2. The van der Waals surface area contributed by atoms with Gasteiger partial charge in [0.05, 0.1) is 24.5 Å². The largest absolute Gasteiger partial charge is 0.366 e. The van der Waals surface area contributed by atoms with Crippen LogP contribution in [0.1, 0.15) is 26.7 Å². The van der Waals surface area contributed by atoms with Crippen LogP contribution in [0.2, 0.25) is 0 Å². The van der Waals surface area contributed by atoms with Gasteiger partial charge in [-0.2, -0.15) is 0 Å². The Hall–Kier alpha value is -1.98. The minimum Gasteiger partial charge on any atom is -0.366 e. The van der Waals surface area contributed by atoms with Gasteiger partial charge >= 0.3 is 0 Å². The lowest BCUT2D eigenvalue weighted by molar-refractivity contribution is -0.926. The van der Waals surface area contributed by atoms with Gasteiger partial charge in [-0.15, -0.1) is 11.3 Å². The smallest absolute Gasteiger partial charge is 0.139 e. The highest BCUT2D eigenvalue weighted by Gasteiger charge is 2.25. The summed E-state index contributed by atoms with van der Waals surface area (Å²) in [4.78, 5) is 11.8. The van der Waals surface area contributed by atoms with E-state index in [1.54, 1.807) is 22.6 Å². The summed E-state index contributed by atoms with van der Waals surface area (Å²) in [6, 6.07) is 11.8. The highest BCUT2D eigenvalue weighted by molar-refractivity contribution is 7.17. The minimum absolute atomic E-state index is 0.504. The van der Waals surface area contributed by atoms with E-state index in [4.69, 9.17) is 0 Å². The van der Waals surface area contributed by atoms with Gasteiger partial charge < -0.3 is 10.2 Å². The van der Waals surface area contributed by atoms with Crippen molar-refractivity contribution in [3.05, 3.63) is 42.0 Å². The fourth-order valence-corrected chi connectivity index (χ4v) is 4.63. The van der Waals surface area contributed by atoms with Crippen molar-refractivity contribution in [3.63, 3.8) is 0 Å². The van der Waals surface area contributed by atoms with Gasteiger partial charge in [-0.25, -0.2) is 9.97 Å². The van der Waals surface area contributed by atoms with Gasteiger partial charge in [-0.1, -0.05) is 30.3 Å². The van der Waals surface area contributed by atoms with Gasteiger partial charge in [-0.05, 0) is 19.4 Å². The Morgan fingerprint density at radius 2 is 1.88 bits per heavy atom. The van der Waals surface area contributed by atoms with E-state index in [9.17, 15) is 0 Å². The standard InChI is InChI=1S/C20H24N4S/c1-14(2)24-10-8-16(9-11-24)23-19-18-17(15-6-4-3-5-7-15)12-25-20(18)22-13-21-19/h3-7,12-14,16H,8-11H2,1-2H3,(H,21,22,23)/p+1. The first-order valence-electron chi connectivity index (χ1n) is 9.11. The third-order valence-corrected chi connectivity index (χ3v) is 6.13. The highest BCUT2D eigenvalue weighted by Crippen LogP contribution is 2.36. The van der Waals surface area contributed by atoms with Crippen molar-refractivity contribution in [2.75, 3.05) is 18.4 Å². The maximum Gasteiger partial charge on any atom is 0.139 e. The molecule has 130 valence electrons. The molecule has 2 aromatic heterocycles. The van der Waals surface area contributed by atoms with Crippen molar-refractivity contribution in [2.45, 2.75) is 38.8 Å². The zero-order valence-electron chi connectivity index (χ0n) is 14.8. The van der Waals surface area contributed by atoms with Crippen molar-refractivity contribution in [3.8, 4) is 11.1 Å². The van der Waals surface area contributed by atoms with Crippen LogP contribution in [0, 0.1) is 0 Å². The van der Waals surface area contributed by atoms with Crippen LogP contribution in [-0.2, 0) is 0 Å². The van der Waals surface area contributed by atoms with Crippen LogP contribution in [0.4, 0.5) is 5.82 Å². The number of hydrogen-bond donors (Lipinski definition) is 2. The van der Waals surface area contributed by atoms with Crippen LogP contribution in [0.3, 0.4) is 0 Å². The van der Waals surface area contributed by atoms with Gasteiger partial charge in [0.15, 0.2) is 0 Å². The number of aromatic nitrogens is 2. The Labute approximate surface area is 152 Å². The molecule has 0 atom stereocenters. The summed E-state index contributed by atoms with van der Waals surface area (Å²) in [5, 5.41) is 7.09. The number of likely N-dealkylation sites (tertiary alicyclic amines) is 1. The third kappa shape index (κ3) is 3.39. The van der Waals surface area contributed by atoms with E-state index >= 15 is 0 Å². The van der Waals surface area contributed by atoms with Crippen LogP contribution in [0.25, 0.3) is 21.3 Å². The first-order chi connectivity index (χ1) is 12.2. The number of hydrogen-bond acceptors (Lipinski definition) is 4. The first-order valence-corrected chi connectivity index (χ1v) is 9.99. The Morgan fingerprint density at radius 1 is 1.12 bits per heavy atom. The number of quaternary nitrogens is 1. The summed E-state index contributed by atoms with van der Waals surface area (Å²) < 4.78 is 0. The molecule has 1 aliphatic heterocycles. The summed E-state index contributed by atoms with van der Waals surface area (Å²) in [5.74, 6) is 0.989. The second-order valence-corrected chi connectivity index (χ2v) is 8.01. The molecule has 0 aliphatic carbocycles. The fraction of sp³-hybridized carbons (Fsp3) is 0.400. The molecule has 2 N–H and O–H groups in total. The number of fused-ring (bicyclic) bond motifs is 1. The number of thiophene rings is 1. The van der Waals surface area contributed by atoms with Gasteiger partial charge in [0.2, 0.25) is 0 Å². The molecule has 0 saturated carbocycles. The number of benzene rings is 1. The van der Waals surface area contributed by atoms with E-state index in [1.165, 1.54) is 37.1 Å². The van der Waals surface area contributed by atoms with E-state index in [2.05, 4.69) is 64.8 Å². The van der Waals surface area contributed by atoms with Crippen molar-refractivity contribution in [2.24, 2.45) is 0 Å². The molecule has 0 radical (unpaired) electrons. The normalized spacial score (nSPS) is 20.9. The molecule has 1 fully saturated rings. The van der Waals surface area contributed by atoms with E-state index < -0.39 is 0 Å². The van der Waals surface area contributed by atoms with Crippen LogP contribution >= 0.6 is 11.3 Å². The number of rotatable bonds is 4. The lowest BCUT2D eigenvalue weighted by Crippen LogP contribution is -3.16. The molecule has 1 saturated heterocycles. The maximum absolute atomic E-state index is 4.59. The SMILES string of the molecule is CC(C)[NH+]1CCC(Nc2ncnc3scc(-c4ccccc4)c23)CC1. The molecular weight excluding hydrogens is 328 g/mol. The molecule has 0 spiro atoms. The fourth-order valence-electron chi connectivity index (χ4n) is 3.72. The van der Waals surface area contributed by atoms with Crippen LogP contribution in [0.5, 0.6) is 0 Å². The lowest BCUT2D eigenvalue weighted by atomic mass is 10.0. The van der Waals surface area contributed by atoms with Crippen molar-refractivity contribution >= 4 is 27.4 Å². The number of nitrogens with zero attached hydrogens (tertiary/aromatic N) is 2. The summed E-state index contributed by atoms with van der Waals surface area (Å²) >= 11 is 1.69. The maximum atomic E-state index is 4.59. The van der Waals surface area contributed by atoms with E-state index in [0.29, 0.717) is 12.1 Å². The molecular formula is C20H25N4S+. The van der Waals surface area contributed by atoms with E-state index in [0.717, 1.165) is 16.0 Å². The Balaban J connectivity index is 1.61. The van der Waals surface area contributed by atoms with E-state index in [-0.39, 0.29) is 0 Å². The van der Waals surface area contributed by atoms with Gasteiger partial charge in [0, 0.05) is 29.8 Å². The average molecular weight is 354 g/mol. The zero-order valence-corrected chi connectivity index (χ0v) is 15.6. The van der Waals surface area contributed by atoms with Gasteiger partial charge in [0.25, 0.3) is 0 Å². The second-order valence-electron chi connectivity index (χ2n) is 7.15. The summed E-state index contributed by atoms with van der Waals surface area (Å²) in [7, 11) is 0. The zero-order chi connectivity index (χ0) is 17.2. The van der Waals surface area contributed by atoms with Gasteiger partial charge in [0.1, 0.15) is 17.0 Å². The predicted molar refractivity (Wildman–Crippen MR) is 105 cm³/mol. The van der Waals surface area contributed by atoms with Crippen LogP contribution in [0.15, 0.2) is 42.0 Å². The van der Waals surface area contributed by atoms with Crippen LogP contribution < -0.4 is 10.2 Å². The molecule has 1 aromatic carbocycles. The highest BCUT2D eigenvalue weighted by atomic mass is 32.1. The van der Waals surface area contributed by atoms with Gasteiger partial charge in [-0.3, -0.25) is 0 Å². The summed E-state index contributed by atoms with van der Waals surface area (Å²) in [5.41, 5.74) is 2.46. The quantitative estimate of drug-likeness (QED) is 0.757. The first kappa shape index (κ1) is 16.5. The molecule has 25 heavy (non-hydrogen) atoms. The molecule has 0 unspecified atom stereocenters. The molecule has 3 aromatic rings. The minimum atomic E-state index is 0.504. The topological polar surface area (TPSA) is 42.2 Å². The molecule has 4 nitrogen and oxygen atoms in total. The Morgan fingerprint density at radius 3 is 2.60 bits per heavy atom. The Bertz CT molecular complexity index is 835. The average Bonchev–Trinajstić information content (AvgIpc) is 3.08. The number of anilines is 1. The van der Waals surface area contributed by atoms with E-state index in [1.807, 2.05) is 0 Å². The van der Waals surface area contributed by atoms with Crippen molar-refractivity contribution in [1.29, 1.82) is 0 Å². The van der Waals surface area contributed by atoms with Crippen molar-refractivity contribution in [1.82, 2.24) is 9.97 Å². The monoisotopic (exact) mass is 353 g/mol. The Kier molecular flexibility index (Phi) is 4.68. The molecule has 3 heterocycles. The molecule has 0 amide bonds.